The maximum Gasteiger partial charge on any atom is 0.276 e. The Bertz CT molecular complexity index is 712. The molecule has 0 bridgehead atoms. The highest BCUT2D eigenvalue weighted by atomic mass is 16.5. The molecule has 25 heavy (non-hydrogen) atoms. The molecule has 1 amide bonds. The lowest BCUT2D eigenvalue weighted by Gasteiger charge is -2.34. The minimum atomic E-state index is -0.306. The molecule has 0 unspecified atom stereocenters. The molecule has 2 heterocycles. The highest BCUT2D eigenvalue weighted by Gasteiger charge is 2.18. The van der Waals surface area contributed by atoms with E-state index in [1.165, 1.54) is 0 Å². The molecule has 0 radical (unpaired) electrons. The molecule has 1 aromatic heterocycles. The van der Waals surface area contributed by atoms with Gasteiger partial charge in [0, 0.05) is 26.2 Å². The number of hydrogen-bond donors (Lipinski definition) is 1. The Balaban J connectivity index is 1.65. The smallest absolute Gasteiger partial charge is 0.276 e. The van der Waals surface area contributed by atoms with Crippen LogP contribution < -0.4 is 15.0 Å². The molecule has 1 saturated heterocycles. The van der Waals surface area contributed by atoms with E-state index in [2.05, 4.69) is 32.2 Å². The van der Waals surface area contributed by atoms with Gasteiger partial charge in [-0.05, 0) is 30.8 Å². The van der Waals surface area contributed by atoms with Crippen LogP contribution in [0, 0.1) is 0 Å². The molecule has 3 rings (SSSR count). The number of hydrogen-bond acceptors (Lipinski definition) is 6. The Morgan fingerprint density at radius 1 is 1.12 bits per heavy atom. The monoisotopic (exact) mass is 341 g/mol. The number of likely N-dealkylation sites (N-methyl/N-ethyl adjacent to an activating group) is 1. The summed E-state index contributed by atoms with van der Waals surface area (Å²) in [5.41, 5.74) is 0.887. The van der Waals surface area contributed by atoms with Crippen molar-refractivity contribution in [1.29, 1.82) is 0 Å². The second kappa shape index (κ2) is 7.94. The third kappa shape index (κ3) is 4.06. The van der Waals surface area contributed by atoms with Gasteiger partial charge in [0.15, 0.2) is 11.5 Å². The topological polar surface area (TPSA) is 70.6 Å². The molecule has 1 aliphatic rings. The van der Waals surface area contributed by atoms with Gasteiger partial charge in [0.25, 0.3) is 5.91 Å². The fourth-order valence-corrected chi connectivity index (χ4v) is 2.84. The Morgan fingerprint density at radius 3 is 2.52 bits per heavy atom. The lowest BCUT2D eigenvalue weighted by Crippen LogP contribution is -2.46. The van der Waals surface area contributed by atoms with Crippen molar-refractivity contribution in [1.82, 2.24) is 15.1 Å². The Kier molecular flexibility index (Phi) is 5.45. The third-order valence-electron chi connectivity index (χ3n) is 4.38. The first-order chi connectivity index (χ1) is 12.2. The maximum absolute atomic E-state index is 12.4. The number of amides is 1. The second-order valence-corrected chi connectivity index (χ2v) is 5.85. The van der Waals surface area contributed by atoms with E-state index in [4.69, 9.17) is 4.74 Å². The molecule has 1 aromatic carbocycles. The van der Waals surface area contributed by atoms with Crippen LogP contribution in [0.15, 0.2) is 36.4 Å². The summed E-state index contributed by atoms with van der Waals surface area (Å²) in [6.07, 6.45) is 0. The number of anilines is 2. The average Bonchev–Trinajstić information content (AvgIpc) is 2.68. The van der Waals surface area contributed by atoms with Crippen molar-refractivity contribution in [2.45, 2.75) is 6.92 Å². The third-order valence-corrected chi connectivity index (χ3v) is 4.38. The van der Waals surface area contributed by atoms with E-state index in [9.17, 15) is 4.79 Å². The number of ether oxygens (including phenoxy) is 1. The van der Waals surface area contributed by atoms with Gasteiger partial charge < -0.3 is 19.9 Å². The number of nitrogens with zero attached hydrogens (tertiary/aromatic N) is 4. The number of nitrogens with one attached hydrogen (secondary N) is 1. The van der Waals surface area contributed by atoms with Gasteiger partial charge in [-0.15, -0.1) is 10.2 Å². The van der Waals surface area contributed by atoms with E-state index in [0.717, 1.165) is 38.5 Å². The van der Waals surface area contributed by atoms with Gasteiger partial charge in [-0.3, -0.25) is 4.79 Å². The summed E-state index contributed by atoms with van der Waals surface area (Å²) in [5, 5.41) is 11.1. The number of aromatic nitrogens is 2. The predicted molar refractivity (Wildman–Crippen MR) is 97.3 cm³/mol. The molecular weight excluding hydrogens is 318 g/mol. The first-order valence-corrected chi connectivity index (χ1v) is 8.46. The van der Waals surface area contributed by atoms with Crippen LogP contribution in [-0.4, -0.2) is 60.8 Å². The Morgan fingerprint density at radius 2 is 1.88 bits per heavy atom. The van der Waals surface area contributed by atoms with Gasteiger partial charge in [0.2, 0.25) is 0 Å². The van der Waals surface area contributed by atoms with Crippen LogP contribution in [0.2, 0.25) is 0 Å². The van der Waals surface area contributed by atoms with Gasteiger partial charge in [0.05, 0.1) is 12.8 Å². The largest absolute Gasteiger partial charge is 0.495 e. The lowest BCUT2D eigenvalue weighted by molar-refractivity contribution is 0.102. The molecular formula is C18H23N5O2. The number of carbonyl (C=O) groups is 1. The average molecular weight is 341 g/mol. The van der Waals surface area contributed by atoms with Crippen LogP contribution in [0.4, 0.5) is 11.5 Å². The van der Waals surface area contributed by atoms with Crippen LogP contribution >= 0.6 is 0 Å². The van der Waals surface area contributed by atoms with Crippen molar-refractivity contribution in [2.75, 3.05) is 50.1 Å². The zero-order valence-corrected chi connectivity index (χ0v) is 14.6. The zero-order valence-electron chi connectivity index (χ0n) is 14.6. The predicted octanol–water partition coefficient (Wildman–Crippen LogP) is 1.88. The molecule has 0 aliphatic carbocycles. The summed E-state index contributed by atoms with van der Waals surface area (Å²) in [6, 6.07) is 10.8. The van der Waals surface area contributed by atoms with Crippen molar-refractivity contribution in [3.63, 3.8) is 0 Å². The maximum atomic E-state index is 12.4. The normalized spacial score (nSPS) is 15.0. The van der Waals surface area contributed by atoms with Gasteiger partial charge in [-0.2, -0.15) is 0 Å². The molecule has 1 fully saturated rings. The minimum absolute atomic E-state index is 0.279. The van der Waals surface area contributed by atoms with Gasteiger partial charge in [-0.1, -0.05) is 19.1 Å². The van der Waals surface area contributed by atoms with Crippen molar-refractivity contribution in [3.8, 4) is 5.75 Å². The quantitative estimate of drug-likeness (QED) is 0.895. The molecule has 7 nitrogen and oxygen atoms in total. The van der Waals surface area contributed by atoms with Crippen LogP contribution in [0.3, 0.4) is 0 Å². The fourth-order valence-electron chi connectivity index (χ4n) is 2.84. The summed E-state index contributed by atoms with van der Waals surface area (Å²) < 4.78 is 5.24. The van der Waals surface area contributed by atoms with Crippen LogP contribution in [0.5, 0.6) is 5.75 Å². The van der Waals surface area contributed by atoms with Crippen molar-refractivity contribution < 1.29 is 9.53 Å². The number of methoxy groups -OCH3 is 1. The van der Waals surface area contributed by atoms with Crippen molar-refractivity contribution >= 4 is 17.4 Å². The number of rotatable bonds is 5. The molecule has 7 heteroatoms. The summed E-state index contributed by atoms with van der Waals surface area (Å²) in [7, 11) is 1.57. The van der Waals surface area contributed by atoms with E-state index in [1.54, 1.807) is 25.3 Å². The minimum Gasteiger partial charge on any atom is -0.495 e. The zero-order chi connectivity index (χ0) is 17.6. The Labute approximate surface area is 147 Å². The number of para-hydroxylation sites is 2. The first-order valence-electron chi connectivity index (χ1n) is 8.46. The molecule has 0 atom stereocenters. The number of carbonyl (C=O) groups excluding carboxylic acids is 1. The van der Waals surface area contributed by atoms with E-state index in [-0.39, 0.29) is 11.6 Å². The van der Waals surface area contributed by atoms with Gasteiger partial charge in [-0.25, -0.2) is 0 Å². The highest BCUT2D eigenvalue weighted by molar-refractivity contribution is 6.03. The standard InChI is InChI=1S/C18H23N5O2/c1-3-22-10-12-23(13-11-22)17-9-8-15(20-21-17)18(24)19-14-6-4-5-7-16(14)25-2/h4-9H,3,10-13H2,1-2H3,(H,19,24). The molecule has 2 aromatic rings. The van der Waals surface area contributed by atoms with E-state index < -0.39 is 0 Å². The van der Waals surface area contributed by atoms with Crippen LogP contribution in [0.25, 0.3) is 0 Å². The van der Waals surface area contributed by atoms with Crippen molar-refractivity contribution in [2.24, 2.45) is 0 Å². The SMILES string of the molecule is CCN1CCN(c2ccc(C(=O)Nc3ccccc3OC)nn2)CC1. The van der Waals surface area contributed by atoms with Crippen molar-refractivity contribution in [3.05, 3.63) is 42.1 Å². The highest BCUT2D eigenvalue weighted by Crippen LogP contribution is 2.23. The summed E-state index contributed by atoms with van der Waals surface area (Å²) >= 11 is 0. The Hall–Kier alpha value is -2.67. The number of piperazine rings is 1. The first kappa shape index (κ1) is 17.2. The van der Waals surface area contributed by atoms with Crippen LogP contribution in [-0.2, 0) is 0 Å². The fraction of sp³-hybridized carbons (Fsp3) is 0.389. The van der Waals surface area contributed by atoms with E-state index in [1.807, 2.05) is 18.2 Å². The molecule has 0 saturated carbocycles. The lowest BCUT2D eigenvalue weighted by atomic mass is 10.2. The molecule has 1 N–H and O–H groups in total. The van der Waals surface area contributed by atoms with E-state index >= 15 is 0 Å². The van der Waals surface area contributed by atoms with Crippen LogP contribution in [0.1, 0.15) is 17.4 Å². The summed E-state index contributed by atoms with van der Waals surface area (Å²) in [4.78, 5) is 17.0. The molecule has 0 spiro atoms. The summed E-state index contributed by atoms with van der Waals surface area (Å²) in [6.45, 7) is 7.14. The molecule has 1 aliphatic heterocycles. The molecule has 132 valence electrons. The second-order valence-electron chi connectivity index (χ2n) is 5.85. The van der Waals surface area contributed by atoms with Gasteiger partial charge in [0.1, 0.15) is 5.75 Å². The van der Waals surface area contributed by atoms with E-state index in [0.29, 0.717) is 11.4 Å². The van der Waals surface area contributed by atoms with Gasteiger partial charge >= 0.3 is 0 Å². The number of benzene rings is 1. The summed E-state index contributed by atoms with van der Waals surface area (Å²) in [5.74, 6) is 1.11.